The number of carbonyl (C=O) groups is 1. The van der Waals surface area contributed by atoms with Crippen LogP contribution in [0.2, 0.25) is 0 Å². The fraction of sp³-hybridized carbons (Fsp3) is 0.167. The summed E-state index contributed by atoms with van der Waals surface area (Å²) in [5, 5.41) is 8.83. The lowest BCUT2D eigenvalue weighted by Gasteiger charge is -2.00. The number of carbonyl (C=O) groups excluding carboxylic acids is 1. The topological polar surface area (TPSA) is 59.3 Å². The highest BCUT2D eigenvalue weighted by molar-refractivity contribution is 5.89. The standard InChI is InChI=1S/C12H9NO3/c1-15-11-5-3-10(8-13)9(7-11)4-6-12(14)16-2/h3,5,7H,1-2H3. The summed E-state index contributed by atoms with van der Waals surface area (Å²) >= 11 is 0. The lowest BCUT2D eigenvalue weighted by molar-refractivity contribution is -0.133. The summed E-state index contributed by atoms with van der Waals surface area (Å²) in [6.07, 6.45) is 0. The molecule has 0 amide bonds. The maximum Gasteiger partial charge on any atom is 0.384 e. The second kappa shape index (κ2) is 5.43. The van der Waals surface area contributed by atoms with Gasteiger partial charge in [0.1, 0.15) is 11.8 Å². The van der Waals surface area contributed by atoms with Crippen LogP contribution < -0.4 is 4.74 Å². The molecule has 1 aromatic rings. The van der Waals surface area contributed by atoms with Gasteiger partial charge >= 0.3 is 5.97 Å². The Morgan fingerprint density at radius 2 is 2.06 bits per heavy atom. The molecule has 0 bridgehead atoms. The molecule has 0 saturated heterocycles. The van der Waals surface area contributed by atoms with Crippen molar-refractivity contribution in [2.24, 2.45) is 0 Å². The van der Waals surface area contributed by atoms with Crippen LogP contribution in [0.4, 0.5) is 0 Å². The molecule has 4 nitrogen and oxygen atoms in total. The van der Waals surface area contributed by atoms with Crippen LogP contribution in [0.5, 0.6) is 5.75 Å². The molecule has 0 unspecified atom stereocenters. The number of esters is 1. The van der Waals surface area contributed by atoms with Crippen molar-refractivity contribution in [2.75, 3.05) is 14.2 Å². The second-order valence-corrected chi connectivity index (χ2v) is 2.76. The zero-order valence-corrected chi connectivity index (χ0v) is 8.90. The molecular formula is C12H9NO3. The maximum absolute atomic E-state index is 10.8. The van der Waals surface area contributed by atoms with Gasteiger partial charge in [0.05, 0.1) is 19.8 Å². The molecule has 16 heavy (non-hydrogen) atoms. The number of ether oxygens (including phenoxy) is 2. The van der Waals surface area contributed by atoms with Crippen LogP contribution in [0.25, 0.3) is 0 Å². The summed E-state index contributed by atoms with van der Waals surface area (Å²) in [7, 11) is 2.76. The van der Waals surface area contributed by atoms with E-state index in [4.69, 9.17) is 10.00 Å². The summed E-state index contributed by atoms with van der Waals surface area (Å²) < 4.78 is 9.37. The minimum Gasteiger partial charge on any atom is -0.497 e. The predicted octanol–water partition coefficient (Wildman–Crippen LogP) is 1.09. The van der Waals surface area contributed by atoms with Crippen LogP contribution in [0, 0.1) is 23.2 Å². The highest BCUT2D eigenvalue weighted by Crippen LogP contribution is 2.15. The highest BCUT2D eigenvalue weighted by Gasteiger charge is 2.01. The fourth-order valence-electron chi connectivity index (χ4n) is 1.02. The van der Waals surface area contributed by atoms with Crippen LogP contribution in [-0.2, 0) is 9.53 Å². The predicted molar refractivity (Wildman–Crippen MR) is 56.6 cm³/mol. The van der Waals surface area contributed by atoms with Gasteiger partial charge in [0, 0.05) is 11.5 Å². The van der Waals surface area contributed by atoms with E-state index in [-0.39, 0.29) is 0 Å². The molecule has 0 aliphatic rings. The molecule has 80 valence electrons. The van der Waals surface area contributed by atoms with E-state index in [1.807, 2.05) is 6.07 Å². The Balaban J connectivity index is 3.14. The van der Waals surface area contributed by atoms with Crippen molar-refractivity contribution in [3.8, 4) is 23.7 Å². The molecule has 0 saturated carbocycles. The SMILES string of the molecule is COC(=O)C#Cc1cc(OC)ccc1C#N. The number of nitrogens with zero attached hydrogens (tertiary/aromatic N) is 1. The number of nitriles is 1. The van der Waals surface area contributed by atoms with Crippen molar-refractivity contribution >= 4 is 5.97 Å². The Morgan fingerprint density at radius 1 is 1.31 bits per heavy atom. The number of methoxy groups -OCH3 is 2. The van der Waals surface area contributed by atoms with Crippen LogP contribution in [0.3, 0.4) is 0 Å². The van der Waals surface area contributed by atoms with Gasteiger partial charge in [-0.1, -0.05) is 5.92 Å². The normalized spacial score (nSPS) is 8.31. The Hall–Kier alpha value is -2.46. The molecule has 0 spiro atoms. The second-order valence-electron chi connectivity index (χ2n) is 2.76. The van der Waals surface area contributed by atoms with Crippen LogP contribution in [0.15, 0.2) is 18.2 Å². The molecule has 0 fully saturated rings. The summed E-state index contributed by atoms with van der Waals surface area (Å²) in [6.45, 7) is 0. The van der Waals surface area contributed by atoms with Gasteiger partial charge < -0.3 is 9.47 Å². The Bertz CT molecular complexity index is 503. The molecule has 1 rings (SSSR count). The third kappa shape index (κ3) is 2.76. The van der Waals surface area contributed by atoms with Crippen molar-refractivity contribution in [1.29, 1.82) is 5.26 Å². The number of rotatable bonds is 1. The summed E-state index contributed by atoms with van der Waals surface area (Å²) in [6, 6.07) is 6.81. The first kappa shape index (κ1) is 11.6. The monoisotopic (exact) mass is 215 g/mol. The molecular weight excluding hydrogens is 206 g/mol. The van der Waals surface area contributed by atoms with Crippen LogP contribution >= 0.6 is 0 Å². The Morgan fingerprint density at radius 3 is 2.62 bits per heavy atom. The minimum absolute atomic E-state index is 0.386. The first-order valence-corrected chi connectivity index (χ1v) is 4.39. The molecule has 0 aliphatic heterocycles. The van der Waals surface area contributed by atoms with E-state index < -0.39 is 5.97 Å². The number of benzene rings is 1. The summed E-state index contributed by atoms with van der Waals surface area (Å²) in [5.41, 5.74) is 0.824. The Kier molecular flexibility index (Phi) is 3.94. The van der Waals surface area contributed by atoms with Crippen molar-refractivity contribution in [1.82, 2.24) is 0 Å². The first-order valence-electron chi connectivity index (χ1n) is 4.39. The third-order valence-corrected chi connectivity index (χ3v) is 1.83. The van der Waals surface area contributed by atoms with Crippen LogP contribution in [0.1, 0.15) is 11.1 Å². The molecule has 1 aromatic carbocycles. The van der Waals surface area contributed by atoms with E-state index in [1.54, 1.807) is 18.2 Å². The van der Waals surface area contributed by atoms with Crippen molar-refractivity contribution in [3.05, 3.63) is 29.3 Å². The van der Waals surface area contributed by atoms with Gasteiger partial charge in [-0.15, -0.1) is 0 Å². The van der Waals surface area contributed by atoms with Crippen molar-refractivity contribution in [2.45, 2.75) is 0 Å². The van der Waals surface area contributed by atoms with E-state index in [1.165, 1.54) is 14.2 Å². The van der Waals surface area contributed by atoms with E-state index >= 15 is 0 Å². The molecule has 0 heterocycles. The van der Waals surface area contributed by atoms with Gasteiger partial charge in [-0.2, -0.15) is 5.26 Å². The largest absolute Gasteiger partial charge is 0.497 e. The van der Waals surface area contributed by atoms with E-state index in [9.17, 15) is 4.79 Å². The van der Waals surface area contributed by atoms with Gasteiger partial charge in [0.2, 0.25) is 0 Å². The summed E-state index contributed by atoms with van der Waals surface area (Å²) in [4.78, 5) is 10.8. The smallest absolute Gasteiger partial charge is 0.384 e. The Labute approximate surface area is 93.4 Å². The van der Waals surface area contributed by atoms with E-state index in [0.29, 0.717) is 16.9 Å². The zero-order chi connectivity index (χ0) is 12.0. The lowest BCUT2D eigenvalue weighted by atomic mass is 10.1. The van der Waals surface area contributed by atoms with Crippen molar-refractivity contribution in [3.63, 3.8) is 0 Å². The molecule has 0 radical (unpaired) electrons. The fourth-order valence-corrected chi connectivity index (χ4v) is 1.02. The number of hydrogen-bond donors (Lipinski definition) is 0. The molecule has 0 N–H and O–H groups in total. The lowest BCUT2D eigenvalue weighted by Crippen LogP contribution is -1.95. The first-order chi connectivity index (χ1) is 7.71. The molecule has 0 aromatic heterocycles. The quantitative estimate of drug-likeness (QED) is 0.519. The van der Waals surface area contributed by atoms with Crippen molar-refractivity contribution < 1.29 is 14.3 Å². The molecule has 0 aliphatic carbocycles. The summed E-state index contributed by atoms with van der Waals surface area (Å²) in [5.74, 6) is 4.75. The average Bonchev–Trinajstić information content (AvgIpc) is 2.35. The average molecular weight is 215 g/mol. The van der Waals surface area contributed by atoms with Gasteiger partial charge in [-0.25, -0.2) is 4.79 Å². The van der Waals surface area contributed by atoms with E-state index in [2.05, 4.69) is 16.6 Å². The molecule has 4 heteroatoms. The third-order valence-electron chi connectivity index (χ3n) is 1.83. The highest BCUT2D eigenvalue weighted by atomic mass is 16.5. The van der Waals surface area contributed by atoms with Gasteiger partial charge in [-0.3, -0.25) is 0 Å². The number of hydrogen-bond acceptors (Lipinski definition) is 4. The zero-order valence-electron chi connectivity index (χ0n) is 8.90. The van der Waals surface area contributed by atoms with Gasteiger partial charge in [0.15, 0.2) is 0 Å². The van der Waals surface area contributed by atoms with E-state index in [0.717, 1.165) is 0 Å². The minimum atomic E-state index is -0.647. The van der Waals surface area contributed by atoms with Gasteiger partial charge in [-0.05, 0) is 18.2 Å². The molecule has 0 atom stereocenters. The van der Waals surface area contributed by atoms with Gasteiger partial charge in [0.25, 0.3) is 0 Å². The maximum atomic E-state index is 10.8. The van der Waals surface area contributed by atoms with Crippen LogP contribution in [-0.4, -0.2) is 20.2 Å².